The standard InChI is InChI=1S/C21H22N4O4S3/c1-30-17-6-2-15(3-7-17)16-4-8-18(9-5-16)32(27,28)24-21-23-22-19(31-21)14-20(26)25-10-12-29-13-11-25/h2-9H,10-14H2,1H3,(H,23,24). The van der Waals surface area contributed by atoms with Gasteiger partial charge in [-0.3, -0.25) is 9.52 Å². The first-order chi connectivity index (χ1) is 15.4. The number of carbonyl (C=O) groups is 1. The van der Waals surface area contributed by atoms with Crippen LogP contribution in [0, 0.1) is 0 Å². The molecule has 1 saturated heterocycles. The van der Waals surface area contributed by atoms with Crippen LogP contribution in [0.5, 0.6) is 0 Å². The van der Waals surface area contributed by atoms with Crippen molar-refractivity contribution in [3.63, 3.8) is 0 Å². The van der Waals surface area contributed by atoms with Crippen molar-refractivity contribution in [1.82, 2.24) is 15.1 Å². The summed E-state index contributed by atoms with van der Waals surface area (Å²) in [5.74, 6) is -0.0694. The fourth-order valence-corrected chi connectivity index (χ4v) is 5.57. The Hall–Kier alpha value is -2.47. The monoisotopic (exact) mass is 490 g/mol. The average molecular weight is 491 g/mol. The van der Waals surface area contributed by atoms with Crippen LogP contribution in [-0.2, 0) is 26.0 Å². The normalized spacial score (nSPS) is 14.3. The molecule has 0 radical (unpaired) electrons. The molecule has 0 spiro atoms. The lowest BCUT2D eigenvalue weighted by molar-refractivity contribution is -0.134. The van der Waals surface area contributed by atoms with Crippen LogP contribution >= 0.6 is 23.1 Å². The molecule has 4 rings (SSSR count). The van der Waals surface area contributed by atoms with Crippen molar-refractivity contribution in [1.29, 1.82) is 0 Å². The highest BCUT2D eigenvalue weighted by molar-refractivity contribution is 7.98. The molecule has 1 aromatic heterocycles. The second-order valence-electron chi connectivity index (χ2n) is 7.03. The largest absolute Gasteiger partial charge is 0.378 e. The maximum atomic E-state index is 12.7. The lowest BCUT2D eigenvalue weighted by atomic mass is 10.1. The molecule has 0 atom stereocenters. The quantitative estimate of drug-likeness (QED) is 0.508. The van der Waals surface area contributed by atoms with Gasteiger partial charge in [0.25, 0.3) is 10.0 Å². The van der Waals surface area contributed by atoms with Crippen LogP contribution in [0.3, 0.4) is 0 Å². The molecule has 0 bridgehead atoms. The van der Waals surface area contributed by atoms with Crippen LogP contribution in [-0.4, -0.2) is 62.0 Å². The number of anilines is 1. The number of rotatable bonds is 7. The Morgan fingerprint density at radius 2 is 1.69 bits per heavy atom. The van der Waals surface area contributed by atoms with Crippen molar-refractivity contribution in [2.24, 2.45) is 0 Å². The van der Waals surface area contributed by atoms with Gasteiger partial charge in [0.2, 0.25) is 11.0 Å². The minimum atomic E-state index is -3.82. The second kappa shape index (κ2) is 9.99. The molecule has 1 N–H and O–H groups in total. The van der Waals surface area contributed by atoms with Crippen LogP contribution in [0.1, 0.15) is 5.01 Å². The molecule has 0 aliphatic carbocycles. The minimum absolute atomic E-state index is 0.0694. The Morgan fingerprint density at radius 1 is 1.06 bits per heavy atom. The Bertz CT molecular complexity index is 1170. The van der Waals surface area contributed by atoms with Crippen molar-refractivity contribution in [2.75, 3.05) is 37.3 Å². The number of hydrogen-bond donors (Lipinski definition) is 1. The molecule has 3 aromatic rings. The molecule has 1 amide bonds. The number of ether oxygens (including phenoxy) is 1. The van der Waals surface area contributed by atoms with E-state index in [0.717, 1.165) is 22.5 Å². The van der Waals surface area contributed by atoms with Gasteiger partial charge in [0.1, 0.15) is 5.01 Å². The molecule has 0 unspecified atom stereocenters. The van der Waals surface area contributed by atoms with Gasteiger partial charge in [0.15, 0.2) is 0 Å². The van der Waals surface area contributed by atoms with Crippen LogP contribution in [0.25, 0.3) is 11.1 Å². The van der Waals surface area contributed by atoms with Gasteiger partial charge in [-0.1, -0.05) is 35.6 Å². The van der Waals surface area contributed by atoms with Gasteiger partial charge in [0.05, 0.1) is 24.5 Å². The number of aromatic nitrogens is 2. The van der Waals surface area contributed by atoms with E-state index < -0.39 is 10.0 Å². The zero-order valence-electron chi connectivity index (χ0n) is 17.4. The number of nitrogens with zero attached hydrogens (tertiary/aromatic N) is 3. The Balaban J connectivity index is 1.41. The molecule has 1 aliphatic heterocycles. The van der Waals surface area contributed by atoms with Gasteiger partial charge in [0, 0.05) is 18.0 Å². The number of thioether (sulfide) groups is 1. The number of amides is 1. The predicted molar refractivity (Wildman–Crippen MR) is 125 cm³/mol. The zero-order valence-corrected chi connectivity index (χ0v) is 19.8. The first kappa shape index (κ1) is 22.7. The number of hydrogen-bond acceptors (Lipinski definition) is 8. The Kier molecular flexibility index (Phi) is 7.09. The molecule has 0 saturated carbocycles. The molecule has 1 aliphatic rings. The molecule has 1 fully saturated rings. The van der Waals surface area contributed by atoms with Crippen LogP contribution in [0.15, 0.2) is 58.3 Å². The zero-order chi connectivity index (χ0) is 22.6. The van der Waals surface area contributed by atoms with E-state index in [1.165, 1.54) is 4.90 Å². The summed E-state index contributed by atoms with van der Waals surface area (Å²) in [5, 5.41) is 8.44. The Morgan fingerprint density at radius 3 is 2.31 bits per heavy atom. The third-order valence-electron chi connectivity index (χ3n) is 4.94. The predicted octanol–water partition coefficient (Wildman–Crippen LogP) is 3.13. The van der Waals surface area contributed by atoms with Crippen molar-refractivity contribution in [3.05, 3.63) is 53.5 Å². The van der Waals surface area contributed by atoms with E-state index in [-0.39, 0.29) is 22.4 Å². The van der Waals surface area contributed by atoms with Gasteiger partial charge in [-0.05, 0) is 41.6 Å². The van der Waals surface area contributed by atoms with E-state index in [0.29, 0.717) is 31.3 Å². The Labute approximate surface area is 195 Å². The highest BCUT2D eigenvalue weighted by atomic mass is 32.2. The van der Waals surface area contributed by atoms with Gasteiger partial charge in [-0.2, -0.15) is 0 Å². The number of carbonyl (C=O) groups excluding carboxylic acids is 1. The van der Waals surface area contributed by atoms with Crippen molar-refractivity contribution < 1.29 is 17.9 Å². The molecule has 11 heteroatoms. The molecule has 2 heterocycles. The molecular weight excluding hydrogens is 468 g/mol. The van der Waals surface area contributed by atoms with Crippen LogP contribution in [0.2, 0.25) is 0 Å². The van der Waals surface area contributed by atoms with Gasteiger partial charge < -0.3 is 9.64 Å². The molecule has 2 aromatic carbocycles. The van der Waals surface area contributed by atoms with E-state index in [2.05, 4.69) is 14.9 Å². The smallest absolute Gasteiger partial charge is 0.263 e. The summed E-state index contributed by atoms with van der Waals surface area (Å²) in [6.45, 7) is 2.15. The first-order valence-electron chi connectivity index (χ1n) is 9.90. The van der Waals surface area contributed by atoms with E-state index in [9.17, 15) is 13.2 Å². The highest BCUT2D eigenvalue weighted by Crippen LogP contribution is 2.26. The molecular formula is C21H22N4O4S3. The fourth-order valence-electron chi connectivity index (χ4n) is 3.20. The van der Waals surface area contributed by atoms with Crippen molar-refractivity contribution in [2.45, 2.75) is 16.2 Å². The summed E-state index contributed by atoms with van der Waals surface area (Å²) in [6.07, 6.45) is 2.11. The second-order valence-corrected chi connectivity index (χ2v) is 10.7. The van der Waals surface area contributed by atoms with E-state index >= 15 is 0 Å². The minimum Gasteiger partial charge on any atom is -0.378 e. The summed E-state index contributed by atoms with van der Waals surface area (Å²) < 4.78 is 33.2. The summed E-state index contributed by atoms with van der Waals surface area (Å²) >= 11 is 2.72. The van der Waals surface area contributed by atoms with Crippen molar-refractivity contribution >= 4 is 44.2 Å². The first-order valence-corrected chi connectivity index (χ1v) is 13.4. The van der Waals surface area contributed by atoms with E-state index in [1.54, 1.807) is 40.9 Å². The summed E-state index contributed by atoms with van der Waals surface area (Å²) in [7, 11) is -3.82. The summed E-state index contributed by atoms with van der Waals surface area (Å²) in [5.41, 5.74) is 1.94. The van der Waals surface area contributed by atoms with E-state index in [1.807, 2.05) is 30.5 Å². The number of sulfonamides is 1. The summed E-state index contributed by atoms with van der Waals surface area (Å²) in [6, 6.07) is 14.7. The molecule has 8 nitrogen and oxygen atoms in total. The van der Waals surface area contributed by atoms with Crippen LogP contribution < -0.4 is 4.72 Å². The lowest BCUT2D eigenvalue weighted by Gasteiger charge is -2.26. The van der Waals surface area contributed by atoms with Gasteiger partial charge >= 0.3 is 0 Å². The van der Waals surface area contributed by atoms with Crippen molar-refractivity contribution in [3.8, 4) is 11.1 Å². The SMILES string of the molecule is CSc1ccc(-c2ccc(S(=O)(=O)Nc3nnc(CC(=O)N4CCOCC4)s3)cc2)cc1. The fraction of sp³-hybridized carbons (Fsp3) is 0.286. The van der Waals surface area contributed by atoms with E-state index in [4.69, 9.17) is 4.74 Å². The number of morpholine rings is 1. The number of benzene rings is 2. The lowest BCUT2D eigenvalue weighted by Crippen LogP contribution is -2.41. The summed E-state index contributed by atoms with van der Waals surface area (Å²) in [4.78, 5) is 15.3. The molecule has 32 heavy (non-hydrogen) atoms. The average Bonchev–Trinajstić information content (AvgIpc) is 3.25. The van der Waals surface area contributed by atoms with Gasteiger partial charge in [-0.25, -0.2) is 8.42 Å². The maximum Gasteiger partial charge on any atom is 0.263 e. The number of nitrogens with one attached hydrogen (secondary N) is 1. The van der Waals surface area contributed by atoms with Crippen LogP contribution in [0.4, 0.5) is 5.13 Å². The third kappa shape index (κ3) is 5.47. The highest BCUT2D eigenvalue weighted by Gasteiger charge is 2.21. The maximum absolute atomic E-state index is 12.7. The topological polar surface area (TPSA) is 101 Å². The molecule has 168 valence electrons. The third-order valence-corrected chi connectivity index (χ3v) is 8.01. The van der Waals surface area contributed by atoms with Gasteiger partial charge in [-0.15, -0.1) is 22.0 Å².